The molecule has 158 valence electrons. The van der Waals surface area contributed by atoms with Crippen molar-refractivity contribution in [1.29, 1.82) is 0 Å². The van der Waals surface area contributed by atoms with Crippen LogP contribution in [0.5, 0.6) is 11.5 Å². The van der Waals surface area contributed by atoms with Gasteiger partial charge in [0, 0.05) is 13.2 Å². The first-order valence-electron chi connectivity index (χ1n) is 9.87. The highest BCUT2D eigenvalue weighted by atomic mass is 16.5. The lowest BCUT2D eigenvalue weighted by molar-refractivity contribution is -0.114. The molecule has 2 N–H and O–H groups in total. The van der Waals surface area contributed by atoms with Crippen LogP contribution < -0.4 is 20.1 Å². The van der Waals surface area contributed by atoms with Crippen LogP contribution in [0.2, 0.25) is 0 Å². The van der Waals surface area contributed by atoms with Crippen molar-refractivity contribution in [2.24, 2.45) is 0 Å². The Morgan fingerprint density at radius 2 is 1.28 bits per heavy atom. The summed E-state index contributed by atoms with van der Waals surface area (Å²) < 4.78 is 22.0. The molecule has 7 heteroatoms. The quantitative estimate of drug-likeness (QED) is 0.471. The van der Waals surface area contributed by atoms with Crippen LogP contribution in [0.3, 0.4) is 0 Å². The van der Waals surface area contributed by atoms with E-state index in [2.05, 4.69) is 10.6 Å². The Balaban J connectivity index is 1.86. The van der Waals surface area contributed by atoms with Crippen molar-refractivity contribution in [2.75, 3.05) is 56.8 Å². The highest BCUT2D eigenvalue weighted by molar-refractivity contribution is 5.95. The van der Waals surface area contributed by atoms with E-state index in [1.54, 1.807) is 6.07 Å². The van der Waals surface area contributed by atoms with Gasteiger partial charge in [0.1, 0.15) is 24.7 Å². The van der Waals surface area contributed by atoms with Crippen molar-refractivity contribution in [2.45, 2.75) is 13.8 Å². The fourth-order valence-corrected chi connectivity index (χ4v) is 2.51. The molecule has 0 aliphatic heterocycles. The van der Waals surface area contributed by atoms with E-state index in [9.17, 15) is 4.79 Å². The van der Waals surface area contributed by atoms with Gasteiger partial charge in [-0.25, -0.2) is 0 Å². The Morgan fingerprint density at radius 1 is 0.759 bits per heavy atom. The fraction of sp³-hybridized carbons (Fsp3) is 0.409. The van der Waals surface area contributed by atoms with Crippen LogP contribution in [0, 0.1) is 0 Å². The zero-order chi connectivity index (χ0) is 20.7. The molecule has 29 heavy (non-hydrogen) atoms. The highest BCUT2D eigenvalue weighted by Gasteiger charge is 2.09. The molecule has 0 saturated heterocycles. The smallest absolute Gasteiger partial charge is 0.243 e. The third-order valence-electron chi connectivity index (χ3n) is 3.87. The molecule has 0 spiro atoms. The standard InChI is InChI=1S/C22H30N2O5/c1-3-26-13-15-28-20-11-7-5-9-18(20)23-17-22(25)24-19-10-6-8-12-21(19)29-16-14-27-4-2/h5-12,23H,3-4,13-17H2,1-2H3,(H,24,25). The minimum atomic E-state index is -0.185. The minimum Gasteiger partial charge on any atom is -0.489 e. The van der Waals surface area contributed by atoms with Gasteiger partial charge in [-0.2, -0.15) is 0 Å². The SMILES string of the molecule is CCOCCOc1ccccc1NCC(=O)Nc1ccccc1OCCOCC. The van der Waals surface area contributed by atoms with Gasteiger partial charge in [-0.05, 0) is 38.1 Å². The summed E-state index contributed by atoms with van der Waals surface area (Å²) in [4.78, 5) is 12.4. The van der Waals surface area contributed by atoms with E-state index in [1.165, 1.54) is 0 Å². The largest absolute Gasteiger partial charge is 0.489 e. The molecule has 0 atom stereocenters. The maximum absolute atomic E-state index is 12.4. The van der Waals surface area contributed by atoms with Gasteiger partial charge in [-0.15, -0.1) is 0 Å². The first-order valence-corrected chi connectivity index (χ1v) is 9.87. The number of ether oxygens (including phenoxy) is 4. The van der Waals surface area contributed by atoms with Gasteiger partial charge in [0.05, 0.1) is 31.1 Å². The van der Waals surface area contributed by atoms with E-state index >= 15 is 0 Å². The third kappa shape index (κ3) is 8.41. The fourth-order valence-electron chi connectivity index (χ4n) is 2.51. The zero-order valence-electron chi connectivity index (χ0n) is 17.1. The molecule has 0 heterocycles. The number of carbonyl (C=O) groups is 1. The molecule has 0 saturated carbocycles. The van der Waals surface area contributed by atoms with E-state index in [4.69, 9.17) is 18.9 Å². The van der Waals surface area contributed by atoms with E-state index in [0.29, 0.717) is 56.8 Å². The summed E-state index contributed by atoms with van der Waals surface area (Å²) in [7, 11) is 0. The normalized spacial score (nSPS) is 10.4. The van der Waals surface area contributed by atoms with Crippen molar-refractivity contribution in [1.82, 2.24) is 0 Å². The van der Waals surface area contributed by atoms with Gasteiger partial charge < -0.3 is 29.6 Å². The minimum absolute atomic E-state index is 0.0963. The van der Waals surface area contributed by atoms with E-state index in [0.717, 1.165) is 5.69 Å². The second-order valence-corrected chi connectivity index (χ2v) is 5.98. The van der Waals surface area contributed by atoms with Crippen LogP contribution in [0.15, 0.2) is 48.5 Å². The summed E-state index contributed by atoms with van der Waals surface area (Å²) in [5.74, 6) is 1.11. The average Bonchev–Trinajstić information content (AvgIpc) is 2.74. The van der Waals surface area contributed by atoms with Crippen LogP contribution in [-0.2, 0) is 14.3 Å². The lowest BCUT2D eigenvalue weighted by Crippen LogP contribution is -2.22. The molecule has 0 radical (unpaired) electrons. The predicted molar refractivity (Wildman–Crippen MR) is 114 cm³/mol. The second-order valence-electron chi connectivity index (χ2n) is 5.98. The number of hydrogen-bond donors (Lipinski definition) is 2. The molecule has 2 aromatic carbocycles. The van der Waals surface area contributed by atoms with Crippen LogP contribution in [0.1, 0.15) is 13.8 Å². The number of para-hydroxylation sites is 4. The van der Waals surface area contributed by atoms with Gasteiger partial charge in [0.2, 0.25) is 5.91 Å². The molecule has 0 unspecified atom stereocenters. The van der Waals surface area contributed by atoms with Crippen LogP contribution in [0.25, 0.3) is 0 Å². The summed E-state index contributed by atoms with van der Waals surface area (Å²) >= 11 is 0. The molecule has 7 nitrogen and oxygen atoms in total. The lowest BCUT2D eigenvalue weighted by atomic mass is 10.2. The maximum Gasteiger partial charge on any atom is 0.243 e. The predicted octanol–water partition coefficient (Wildman–Crippen LogP) is 3.57. The molecule has 0 aromatic heterocycles. The summed E-state index contributed by atoms with van der Waals surface area (Å²) in [6, 6.07) is 14.8. The van der Waals surface area contributed by atoms with Gasteiger partial charge in [-0.3, -0.25) is 4.79 Å². The summed E-state index contributed by atoms with van der Waals surface area (Å²) in [6.07, 6.45) is 0. The Hall–Kier alpha value is -2.77. The van der Waals surface area contributed by atoms with Gasteiger partial charge in [-0.1, -0.05) is 24.3 Å². The summed E-state index contributed by atoms with van der Waals surface area (Å²) in [6.45, 7) is 7.16. The Bertz CT molecular complexity index is 739. The van der Waals surface area contributed by atoms with E-state index in [1.807, 2.05) is 56.3 Å². The Kier molecular flexibility index (Phi) is 10.4. The Morgan fingerprint density at radius 3 is 1.86 bits per heavy atom. The monoisotopic (exact) mass is 402 g/mol. The van der Waals surface area contributed by atoms with Crippen LogP contribution in [-0.4, -0.2) is 52.1 Å². The molecule has 2 aromatic rings. The summed E-state index contributed by atoms with van der Waals surface area (Å²) in [5, 5.41) is 5.99. The number of rotatable bonds is 14. The number of nitrogens with one attached hydrogen (secondary N) is 2. The second kappa shape index (κ2) is 13.4. The molecule has 2 rings (SSSR count). The van der Waals surface area contributed by atoms with Gasteiger partial charge in [0.15, 0.2) is 0 Å². The van der Waals surface area contributed by atoms with Crippen molar-refractivity contribution < 1.29 is 23.7 Å². The number of hydrogen-bond acceptors (Lipinski definition) is 6. The lowest BCUT2D eigenvalue weighted by Gasteiger charge is -2.15. The van der Waals surface area contributed by atoms with E-state index in [-0.39, 0.29) is 12.5 Å². The first kappa shape index (κ1) is 22.5. The van der Waals surface area contributed by atoms with Gasteiger partial charge in [0.25, 0.3) is 0 Å². The average molecular weight is 402 g/mol. The highest BCUT2D eigenvalue weighted by Crippen LogP contribution is 2.25. The number of benzene rings is 2. The molecular weight excluding hydrogens is 372 g/mol. The van der Waals surface area contributed by atoms with Crippen molar-refractivity contribution in [3.63, 3.8) is 0 Å². The third-order valence-corrected chi connectivity index (χ3v) is 3.87. The van der Waals surface area contributed by atoms with Crippen LogP contribution in [0.4, 0.5) is 11.4 Å². The number of amides is 1. The molecule has 0 aliphatic carbocycles. The number of carbonyl (C=O) groups excluding carboxylic acids is 1. The Labute approximate surface area is 172 Å². The topological polar surface area (TPSA) is 78.1 Å². The molecule has 0 fully saturated rings. The summed E-state index contributed by atoms with van der Waals surface area (Å²) in [5.41, 5.74) is 1.37. The van der Waals surface area contributed by atoms with Crippen molar-refractivity contribution >= 4 is 17.3 Å². The van der Waals surface area contributed by atoms with E-state index < -0.39 is 0 Å². The van der Waals surface area contributed by atoms with Crippen LogP contribution >= 0.6 is 0 Å². The number of anilines is 2. The van der Waals surface area contributed by atoms with Gasteiger partial charge >= 0.3 is 0 Å². The first-order chi connectivity index (χ1) is 14.2. The molecule has 0 bridgehead atoms. The maximum atomic E-state index is 12.4. The zero-order valence-corrected chi connectivity index (χ0v) is 17.1. The molecule has 1 amide bonds. The molecular formula is C22H30N2O5. The van der Waals surface area contributed by atoms with Crippen molar-refractivity contribution in [3.05, 3.63) is 48.5 Å². The molecule has 0 aliphatic rings. The van der Waals surface area contributed by atoms with Crippen molar-refractivity contribution in [3.8, 4) is 11.5 Å².